The van der Waals surface area contributed by atoms with Crippen LogP contribution in [0.4, 0.5) is 0 Å². The molecule has 1 unspecified atom stereocenters. The third-order valence-electron chi connectivity index (χ3n) is 4.86. The van der Waals surface area contributed by atoms with Gasteiger partial charge in [-0.2, -0.15) is 0 Å². The predicted molar refractivity (Wildman–Crippen MR) is 94.0 cm³/mol. The summed E-state index contributed by atoms with van der Waals surface area (Å²) in [6.07, 6.45) is 3.19. The number of piperazine rings is 1. The van der Waals surface area contributed by atoms with Crippen molar-refractivity contribution >= 4 is 23.4 Å². The molecule has 0 saturated carbocycles. The molecule has 6 heteroatoms. The molecule has 0 bridgehead atoms. The lowest BCUT2D eigenvalue weighted by molar-refractivity contribution is -0.140. The number of nitrogens with one attached hydrogen (secondary N) is 1. The van der Waals surface area contributed by atoms with E-state index in [-0.39, 0.29) is 17.9 Å². The highest BCUT2D eigenvalue weighted by atomic mass is 35.5. The first-order valence-electron chi connectivity index (χ1n) is 8.66. The summed E-state index contributed by atoms with van der Waals surface area (Å²) in [4.78, 5) is 28.5. The van der Waals surface area contributed by atoms with Gasteiger partial charge < -0.3 is 15.1 Å². The largest absolute Gasteiger partial charge is 0.341 e. The van der Waals surface area contributed by atoms with E-state index in [0.29, 0.717) is 24.5 Å². The van der Waals surface area contributed by atoms with E-state index in [0.717, 1.165) is 44.5 Å². The Labute approximate surface area is 147 Å². The summed E-state index contributed by atoms with van der Waals surface area (Å²) in [6.45, 7) is 3.48. The van der Waals surface area contributed by atoms with Crippen LogP contribution in [0.1, 0.15) is 24.8 Å². The van der Waals surface area contributed by atoms with Gasteiger partial charge in [-0.3, -0.25) is 9.59 Å². The van der Waals surface area contributed by atoms with E-state index in [9.17, 15) is 9.59 Å². The average Bonchev–Trinajstić information content (AvgIpc) is 2.61. The van der Waals surface area contributed by atoms with Crippen LogP contribution in [0.15, 0.2) is 24.3 Å². The van der Waals surface area contributed by atoms with Crippen LogP contribution in [0, 0.1) is 0 Å². The zero-order valence-electron chi connectivity index (χ0n) is 13.8. The Morgan fingerprint density at radius 1 is 1.25 bits per heavy atom. The second-order valence-corrected chi connectivity index (χ2v) is 6.96. The normalized spacial score (nSPS) is 21.9. The molecule has 2 aliphatic rings. The second kappa shape index (κ2) is 7.99. The number of aryl methyl sites for hydroxylation is 1. The van der Waals surface area contributed by atoms with Crippen molar-refractivity contribution in [1.29, 1.82) is 0 Å². The average molecular weight is 350 g/mol. The fourth-order valence-corrected chi connectivity index (χ4v) is 3.63. The number of hydrogen-bond acceptors (Lipinski definition) is 3. The quantitative estimate of drug-likeness (QED) is 0.900. The van der Waals surface area contributed by atoms with Crippen LogP contribution in [0.2, 0.25) is 5.02 Å². The van der Waals surface area contributed by atoms with Crippen molar-refractivity contribution in [3.8, 4) is 0 Å². The molecule has 2 fully saturated rings. The number of likely N-dealkylation sites (tertiary alicyclic amines) is 1. The Balaban J connectivity index is 1.52. The summed E-state index contributed by atoms with van der Waals surface area (Å²) in [5.74, 6) is 0.332. The number of amides is 2. The summed E-state index contributed by atoms with van der Waals surface area (Å²) in [5, 5.41) is 3.81. The lowest BCUT2D eigenvalue weighted by Crippen LogP contribution is -2.57. The molecule has 1 N–H and O–H groups in total. The molecule has 0 aromatic heterocycles. The zero-order chi connectivity index (χ0) is 16.9. The standard InChI is InChI=1S/C18H24ClN3O2/c19-15-6-3-14(4-7-15)5-8-17(23)21-10-1-2-16(13-21)22-11-9-20-12-18(22)24/h3-4,6-7,16,20H,1-2,5,8-13H2. The fraction of sp³-hybridized carbons (Fsp3) is 0.556. The summed E-state index contributed by atoms with van der Waals surface area (Å²) < 4.78 is 0. The number of carbonyl (C=O) groups excluding carboxylic acids is 2. The maximum absolute atomic E-state index is 12.5. The Morgan fingerprint density at radius 3 is 2.79 bits per heavy atom. The van der Waals surface area contributed by atoms with E-state index in [1.54, 1.807) is 0 Å². The SMILES string of the molecule is O=C(CCc1ccc(Cl)cc1)N1CCCC(N2CCNCC2=O)C1. The topological polar surface area (TPSA) is 52.7 Å². The van der Waals surface area contributed by atoms with Crippen LogP contribution in [-0.2, 0) is 16.0 Å². The molecular formula is C18H24ClN3O2. The van der Waals surface area contributed by atoms with Gasteiger partial charge in [0.05, 0.1) is 6.54 Å². The van der Waals surface area contributed by atoms with Crippen molar-refractivity contribution < 1.29 is 9.59 Å². The minimum atomic E-state index is 0.154. The Morgan fingerprint density at radius 2 is 2.04 bits per heavy atom. The van der Waals surface area contributed by atoms with Gasteiger partial charge >= 0.3 is 0 Å². The van der Waals surface area contributed by atoms with Crippen LogP contribution in [0.5, 0.6) is 0 Å². The molecule has 0 aliphatic carbocycles. The van der Waals surface area contributed by atoms with E-state index in [1.165, 1.54) is 0 Å². The van der Waals surface area contributed by atoms with Crippen molar-refractivity contribution in [2.24, 2.45) is 0 Å². The highest BCUT2D eigenvalue weighted by Crippen LogP contribution is 2.18. The van der Waals surface area contributed by atoms with Gasteiger partial charge in [0.25, 0.3) is 0 Å². The maximum Gasteiger partial charge on any atom is 0.236 e. The van der Waals surface area contributed by atoms with Crippen LogP contribution in [-0.4, -0.2) is 60.4 Å². The Hall–Kier alpha value is -1.59. The first-order chi connectivity index (χ1) is 11.6. The molecule has 1 aromatic rings. The summed E-state index contributed by atoms with van der Waals surface area (Å²) >= 11 is 5.89. The number of halogens is 1. The van der Waals surface area contributed by atoms with Gasteiger partial charge in [0.15, 0.2) is 0 Å². The van der Waals surface area contributed by atoms with Crippen LogP contribution < -0.4 is 5.32 Å². The van der Waals surface area contributed by atoms with Crippen molar-refractivity contribution in [3.05, 3.63) is 34.9 Å². The summed E-state index contributed by atoms with van der Waals surface area (Å²) in [5.41, 5.74) is 1.12. The first-order valence-corrected chi connectivity index (χ1v) is 9.03. The van der Waals surface area contributed by atoms with Crippen molar-refractivity contribution in [1.82, 2.24) is 15.1 Å². The molecule has 0 radical (unpaired) electrons. The van der Waals surface area contributed by atoms with Gasteiger partial charge in [0, 0.05) is 43.7 Å². The summed E-state index contributed by atoms with van der Waals surface area (Å²) in [7, 11) is 0. The van der Waals surface area contributed by atoms with Crippen molar-refractivity contribution in [2.75, 3.05) is 32.7 Å². The molecule has 130 valence electrons. The highest BCUT2D eigenvalue weighted by Gasteiger charge is 2.31. The number of nitrogens with zero attached hydrogens (tertiary/aromatic N) is 2. The second-order valence-electron chi connectivity index (χ2n) is 6.53. The molecule has 1 aromatic carbocycles. The molecule has 24 heavy (non-hydrogen) atoms. The first kappa shape index (κ1) is 17.2. The number of rotatable bonds is 4. The molecule has 1 atom stereocenters. The van der Waals surface area contributed by atoms with Gasteiger partial charge in [-0.15, -0.1) is 0 Å². The van der Waals surface area contributed by atoms with Crippen molar-refractivity contribution in [2.45, 2.75) is 31.7 Å². The number of carbonyl (C=O) groups is 2. The Kier molecular flexibility index (Phi) is 5.74. The van der Waals surface area contributed by atoms with Crippen molar-refractivity contribution in [3.63, 3.8) is 0 Å². The van der Waals surface area contributed by atoms with Crippen LogP contribution in [0.3, 0.4) is 0 Å². The number of hydrogen-bond donors (Lipinski definition) is 1. The summed E-state index contributed by atoms with van der Waals surface area (Å²) in [6, 6.07) is 7.82. The third kappa shape index (κ3) is 4.28. The molecule has 2 heterocycles. The molecule has 2 amide bonds. The van der Waals surface area contributed by atoms with Gasteiger partial charge in [0.1, 0.15) is 0 Å². The molecule has 5 nitrogen and oxygen atoms in total. The zero-order valence-corrected chi connectivity index (χ0v) is 14.6. The molecule has 3 rings (SSSR count). The van der Waals surface area contributed by atoms with Crippen LogP contribution in [0.25, 0.3) is 0 Å². The van der Waals surface area contributed by atoms with E-state index in [2.05, 4.69) is 5.32 Å². The number of benzene rings is 1. The van der Waals surface area contributed by atoms with E-state index in [1.807, 2.05) is 34.1 Å². The smallest absolute Gasteiger partial charge is 0.236 e. The lowest BCUT2D eigenvalue weighted by atomic mass is 10.0. The van der Waals surface area contributed by atoms with Crippen LogP contribution >= 0.6 is 11.6 Å². The molecule has 2 aliphatic heterocycles. The maximum atomic E-state index is 12.5. The van der Waals surface area contributed by atoms with Gasteiger partial charge in [0.2, 0.25) is 11.8 Å². The van der Waals surface area contributed by atoms with E-state index in [4.69, 9.17) is 11.6 Å². The van der Waals surface area contributed by atoms with Gasteiger partial charge in [-0.25, -0.2) is 0 Å². The minimum absolute atomic E-state index is 0.154. The fourth-order valence-electron chi connectivity index (χ4n) is 3.50. The third-order valence-corrected chi connectivity index (χ3v) is 5.11. The lowest BCUT2D eigenvalue weighted by Gasteiger charge is -2.41. The van der Waals surface area contributed by atoms with Gasteiger partial charge in [-0.1, -0.05) is 23.7 Å². The van der Waals surface area contributed by atoms with Gasteiger partial charge in [-0.05, 0) is 37.0 Å². The monoisotopic (exact) mass is 349 g/mol. The highest BCUT2D eigenvalue weighted by molar-refractivity contribution is 6.30. The number of piperidine rings is 1. The molecular weight excluding hydrogens is 326 g/mol. The van der Waals surface area contributed by atoms with E-state index >= 15 is 0 Å². The molecule has 0 spiro atoms. The Bertz CT molecular complexity index is 590. The predicted octanol–water partition coefficient (Wildman–Crippen LogP) is 1.70. The molecule has 2 saturated heterocycles. The minimum Gasteiger partial charge on any atom is -0.341 e. The van der Waals surface area contributed by atoms with E-state index < -0.39 is 0 Å².